The van der Waals surface area contributed by atoms with Crippen LogP contribution >= 0.6 is 23.4 Å². The van der Waals surface area contributed by atoms with Crippen molar-refractivity contribution in [3.8, 4) is 0 Å². The van der Waals surface area contributed by atoms with Crippen molar-refractivity contribution in [1.29, 1.82) is 0 Å². The van der Waals surface area contributed by atoms with Gasteiger partial charge in [-0.2, -0.15) is 11.8 Å². The van der Waals surface area contributed by atoms with Gasteiger partial charge in [-0.1, -0.05) is 35.9 Å². The van der Waals surface area contributed by atoms with Gasteiger partial charge >= 0.3 is 0 Å². The van der Waals surface area contributed by atoms with Crippen molar-refractivity contribution < 1.29 is 13.3 Å². The molecule has 0 atom stereocenters. The number of rotatable bonds is 8. The molecule has 9 heteroatoms. The van der Waals surface area contributed by atoms with Crippen molar-refractivity contribution in [2.75, 3.05) is 12.3 Å². The maximum Gasteiger partial charge on any atom is 0.273 e. The molecule has 6 nitrogen and oxygen atoms in total. The number of halogens is 1. The Kier molecular flexibility index (Phi) is 6.83. The van der Waals surface area contributed by atoms with Crippen LogP contribution in [0.2, 0.25) is 5.02 Å². The van der Waals surface area contributed by atoms with Crippen LogP contribution in [0.4, 0.5) is 5.69 Å². The van der Waals surface area contributed by atoms with E-state index in [1.54, 1.807) is 18.7 Å². The molecule has 0 spiro atoms. The Morgan fingerprint density at radius 2 is 1.96 bits per heavy atom. The number of nitrogens with one attached hydrogen (secondary N) is 1. The summed E-state index contributed by atoms with van der Waals surface area (Å²) in [5.74, 6) is 1.23. The van der Waals surface area contributed by atoms with E-state index in [1.165, 1.54) is 12.1 Å². The van der Waals surface area contributed by atoms with Crippen molar-refractivity contribution >= 4 is 39.1 Å². The van der Waals surface area contributed by atoms with Gasteiger partial charge < -0.3 is 0 Å². The fourth-order valence-electron chi connectivity index (χ4n) is 2.08. The molecule has 0 aliphatic heterocycles. The van der Waals surface area contributed by atoms with Crippen LogP contribution in [0.3, 0.4) is 0 Å². The molecule has 0 radical (unpaired) electrons. The number of hydrogen-bond acceptors (Lipinski definition) is 5. The largest absolute Gasteiger partial charge is 0.273 e. The summed E-state index contributed by atoms with van der Waals surface area (Å²) in [5.41, 5.74) is 1.20. The normalized spacial score (nSPS) is 11.4. The topological polar surface area (TPSA) is 89.3 Å². The smallest absolute Gasteiger partial charge is 0.258 e. The van der Waals surface area contributed by atoms with E-state index in [4.69, 9.17) is 11.6 Å². The van der Waals surface area contributed by atoms with Gasteiger partial charge in [-0.25, -0.2) is 13.1 Å². The number of hydrogen-bond donors (Lipinski definition) is 1. The molecule has 2 rings (SSSR count). The fourth-order valence-corrected chi connectivity index (χ4v) is 4.41. The molecular formula is C16H17ClN2O4S2. The van der Waals surface area contributed by atoms with Gasteiger partial charge in [0.25, 0.3) is 5.69 Å². The lowest BCUT2D eigenvalue weighted by Gasteiger charge is -2.08. The summed E-state index contributed by atoms with van der Waals surface area (Å²) in [6.07, 6.45) is 0. The molecule has 0 saturated heterocycles. The summed E-state index contributed by atoms with van der Waals surface area (Å²) in [4.78, 5) is 10.2. The molecule has 134 valence electrons. The molecule has 25 heavy (non-hydrogen) atoms. The average Bonchev–Trinajstić information content (AvgIpc) is 2.56. The van der Waals surface area contributed by atoms with Crippen LogP contribution in [-0.4, -0.2) is 25.6 Å². The van der Waals surface area contributed by atoms with E-state index in [1.807, 2.05) is 24.3 Å². The standard InChI is InChI=1S/C16H17ClN2O4S2/c1-12-6-7-14(10-16(12)19(20)21)25(22,23)18-8-9-24-11-13-4-2-3-5-15(13)17/h2-7,10,18H,8-9,11H2,1H3. The van der Waals surface area contributed by atoms with Crippen LogP contribution in [0.1, 0.15) is 11.1 Å². The van der Waals surface area contributed by atoms with Crippen LogP contribution in [0.25, 0.3) is 0 Å². The van der Waals surface area contributed by atoms with Gasteiger partial charge in [-0.15, -0.1) is 0 Å². The molecule has 0 heterocycles. The Labute approximate surface area is 155 Å². The summed E-state index contributed by atoms with van der Waals surface area (Å²) in [6, 6.07) is 11.4. The van der Waals surface area contributed by atoms with Gasteiger partial charge in [0.2, 0.25) is 10.0 Å². The summed E-state index contributed by atoms with van der Waals surface area (Å²) >= 11 is 7.61. The number of aryl methyl sites for hydroxylation is 1. The second-order valence-electron chi connectivity index (χ2n) is 5.25. The van der Waals surface area contributed by atoms with Crippen LogP contribution < -0.4 is 4.72 Å². The first-order valence-corrected chi connectivity index (χ1v) is 10.4. The van der Waals surface area contributed by atoms with Crippen molar-refractivity contribution in [1.82, 2.24) is 4.72 Å². The zero-order valence-corrected chi connectivity index (χ0v) is 15.8. The SMILES string of the molecule is Cc1ccc(S(=O)(=O)NCCSCc2ccccc2Cl)cc1[N+](=O)[O-]. The molecule has 0 bridgehead atoms. The lowest BCUT2D eigenvalue weighted by molar-refractivity contribution is -0.385. The van der Waals surface area contributed by atoms with Gasteiger partial charge in [0, 0.05) is 34.7 Å². The molecule has 0 unspecified atom stereocenters. The number of sulfonamides is 1. The number of thioether (sulfide) groups is 1. The number of nitro groups is 1. The minimum atomic E-state index is -3.78. The second-order valence-corrected chi connectivity index (χ2v) is 8.53. The fraction of sp³-hybridized carbons (Fsp3) is 0.250. The molecule has 0 aliphatic rings. The molecule has 0 aliphatic carbocycles. The van der Waals surface area contributed by atoms with E-state index in [2.05, 4.69) is 4.72 Å². The van der Waals surface area contributed by atoms with E-state index < -0.39 is 14.9 Å². The molecule has 1 N–H and O–H groups in total. The van der Waals surface area contributed by atoms with Crippen LogP contribution in [0.5, 0.6) is 0 Å². The lowest BCUT2D eigenvalue weighted by atomic mass is 10.2. The molecule has 0 aromatic heterocycles. The second kappa shape index (κ2) is 8.66. The van der Waals surface area contributed by atoms with Crippen molar-refractivity contribution in [2.24, 2.45) is 0 Å². The Bertz CT molecular complexity index is 872. The van der Waals surface area contributed by atoms with E-state index in [0.29, 0.717) is 22.1 Å². The summed E-state index contributed by atoms with van der Waals surface area (Å²) in [7, 11) is -3.78. The van der Waals surface area contributed by atoms with E-state index >= 15 is 0 Å². The Morgan fingerprint density at radius 3 is 2.64 bits per heavy atom. The highest BCUT2D eigenvalue weighted by molar-refractivity contribution is 7.98. The van der Waals surface area contributed by atoms with Gasteiger partial charge in [-0.05, 0) is 24.6 Å². The highest BCUT2D eigenvalue weighted by atomic mass is 35.5. The minimum Gasteiger partial charge on any atom is -0.258 e. The molecular weight excluding hydrogens is 384 g/mol. The molecule has 0 saturated carbocycles. The Balaban J connectivity index is 1.91. The third kappa shape index (κ3) is 5.43. The van der Waals surface area contributed by atoms with Gasteiger partial charge in [0.15, 0.2) is 0 Å². The summed E-state index contributed by atoms with van der Waals surface area (Å²) < 4.78 is 26.9. The number of nitro benzene ring substituents is 1. The zero-order valence-electron chi connectivity index (χ0n) is 13.4. The van der Waals surface area contributed by atoms with E-state index in [0.717, 1.165) is 11.6 Å². The molecule has 2 aromatic rings. The molecule has 2 aromatic carbocycles. The maximum atomic E-state index is 12.2. The summed E-state index contributed by atoms with van der Waals surface area (Å²) in [5, 5.41) is 11.6. The van der Waals surface area contributed by atoms with Crippen molar-refractivity contribution in [3.63, 3.8) is 0 Å². The summed E-state index contributed by atoms with van der Waals surface area (Å²) in [6.45, 7) is 1.78. The highest BCUT2D eigenvalue weighted by Gasteiger charge is 2.19. The first-order valence-electron chi connectivity index (χ1n) is 7.37. The minimum absolute atomic E-state index is 0.110. The predicted molar refractivity (Wildman–Crippen MR) is 101 cm³/mol. The Hall–Kier alpha value is -1.61. The van der Waals surface area contributed by atoms with E-state index in [-0.39, 0.29) is 17.1 Å². The van der Waals surface area contributed by atoms with Crippen LogP contribution in [0.15, 0.2) is 47.4 Å². The predicted octanol–water partition coefficient (Wildman–Crippen LogP) is 3.77. The maximum absolute atomic E-state index is 12.2. The molecule has 0 fully saturated rings. The van der Waals surface area contributed by atoms with Gasteiger partial charge in [0.05, 0.1) is 9.82 Å². The van der Waals surface area contributed by atoms with Crippen LogP contribution in [0, 0.1) is 17.0 Å². The van der Waals surface area contributed by atoms with Crippen molar-refractivity contribution in [2.45, 2.75) is 17.6 Å². The lowest BCUT2D eigenvalue weighted by Crippen LogP contribution is -2.26. The number of benzene rings is 2. The quantitative estimate of drug-likeness (QED) is 0.414. The Morgan fingerprint density at radius 1 is 1.24 bits per heavy atom. The zero-order chi connectivity index (χ0) is 18.4. The number of nitrogens with zero attached hydrogens (tertiary/aromatic N) is 1. The van der Waals surface area contributed by atoms with Crippen LogP contribution in [-0.2, 0) is 15.8 Å². The van der Waals surface area contributed by atoms with Crippen molar-refractivity contribution in [3.05, 3.63) is 68.7 Å². The van der Waals surface area contributed by atoms with Gasteiger partial charge in [-0.3, -0.25) is 10.1 Å². The third-order valence-electron chi connectivity index (χ3n) is 3.44. The van der Waals surface area contributed by atoms with Gasteiger partial charge in [0.1, 0.15) is 0 Å². The van der Waals surface area contributed by atoms with E-state index in [9.17, 15) is 18.5 Å². The third-order valence-corrected chi connectivity index (χ3v) is 6.28. The average molecular weight is 401 g/mol. The molecule has 0 amide bonds. The highest BCUT2D eigenvalue weighted by Crippen LogP contribution is 2.23. The monoisotopic (exact) mass is 400 g/mol. The first kappa shape index (κ1) is 19.7. The first-order chi connectivity index (χ1) is 11.8.